The molecule has 15 heavy (non-hydrogen) atoms. The molecule has 0 bridgehead atoms. The number of rotatable bonds is 1. The lowest BCUT2D eigenvalue weighted by Gasteiger charge is -2.34. The van der Waals surface area contributed by atoms with Gasteiger partial charge in [0.15, 0.2) is 0 Å². The van der Waals surface area contributed by atoms with E-state index in [1.165, 1.54) is 32.8 Å². The fraction of sp³-hybridized carbons (Fsp3) is 0.750. The second kappa shape index (κ2) is 4.79. The number of carbonyl (C=O) groups is 1. The van der Waals surface area contributed by atoms with Crippen LogP contribution in [0.4, 0.5) is 0 Å². The quantitative estimate of drug-likeness (QED) is 0.616. The largest absolute Gasteiger partial charge is 0.466 e. The van der Waals surface area contributed by atoms with Crippen molar-refractivity contribution in [2.24, 2.45) is 0 Å². The minimum absolute atomic E-state index is 0.152. The molecular formula is C12H19NO2. The average molecular weight is 209 g/mol. The van der Waals surface area contributed by atoms with Gasteiger partial charge in [-0.15, -0.1) is 0 Å². The van der Waals surface area contributed by atoms with Crippen LogP contribution in [0.15, 0.2) is 11.6 Å². The van der Waals surface area contributed by atoms with E-state index in [2.05, 4.69) is 11.0 Å². The summed E-state index contributed by atoms with van der Waals surface area (Å²) in [5.41, 5.74) is 0.849. The number of esters is 1. The van der Waals surface area contributed by atoms with Gasteiger partial charge >= 0.3 is 5.97 Å². The van der Waals surface area contributed by atoms with Crippen LogP contribution in [-0.2, 0) is 9.53 Å². The maximum atomic E-state index is 11.5. The molecule has 0 radical (unpaired) electrons. The van der Waals surface area contributed by atoms with Gasteiger partial charge < -0.3 is 4.74 Å². The number of nitrogens with zero attached hydrogens (tertiary/aromatic N) is 1. The van der Waals surface area contributed by atoms with Gasteiger partial charge in [0.2, 0.25) is 0 Å². The van der Waals surface area contributed by atoms with Gasteiger partial charge in [0.1, 0.15) is 0 Å². The van der Waals surface area contributed by atoms with E-state index in [-0.39, 0.29) is 5.97 Å². The van der Waals surface area contributed by atoms with Crippen LogP contribution in [0.3, 0.4) is 0 Å². The molecule has 0 spiro atoms. The van der Waals surface area contributed by atoms with E-state index >= 15 is 0 Å². The first-order valence-corrected chi connectivity index (χ1v) is 5.82. The van der Waals surface area contributed by atoms with E-state index in [1.54, 1.807) is 0 Å². The third-order valence-corrected chi connectivity index (χ3v) is 3.46. The van der Waals surface area contributed by atoms with Gasteiger partial charge in [-0.25, -0.2) is 4.79 Å². The zero-order valence-corrected chi connectivity index (χ0v) is 9.37. The number of ether oxygens (including phenoxy) is 1. The summed E-state index contributed by atoms with van der Waals surface area (Å²) in [4.78, 5) is 13.9. The van der Waals surface area contributed by atoms with Crippen LogP contribution in [0.25, 0.3) is 0 Å². The summed E-state index contributed by atoms with van der Waals surface area (Å²) >= 11 is 0. The van der Waals surface area contributed by atoms with E-state index in [1.807, 2.05) is 0 Å². The molecule has 3 nitrogen and oxygen atoms in total. The molecule has 0 aromatic carbocycles. The summed E-state index contributed by atoms with van der Waals surface area (Å²) in [7, 11) is 1.46. The summed E-state index contributed by atoms with van der Waals surface area (Å²) < 4.78 is 4.79. The SMILES string of the molecule is COC(=O)C1=CCCC2CCCCN2C1. The molecule has 2 rings (SSSR count). The second-order valence-corrected chi connectivity index (χ2v) is 4.42. The lowest BCUT2D eigenvalue weighted by molar-refractivity contribution is -0.136. The first-order chi connectivity index (χ1) is 7.31. The van der Waals surface area contributed by atoms with E-state index in [9.17, 15) is 4.79 Å². The Morgan fingerprint density at radius 1 is 1.47 bits per heavy atom. The molecule has 0 aromatic heterocycles. The molecule has 1 unspecified atom stereocenters. The van der Waals surface area contributed by atoms with Gasteiger partial charge in [0.25, 0.3) is 0 Å². The minimum atomic E-state index is -0.152. The Balaban J connectivity index is 2.04. The van der Waals surface area contributed by atoms with E-state index in [0.717, 1.165) is 25.1 Å². The Kier molecular flexibility index (Phi) is 3.41. The maximum Gasteiger partial charge on any atom is 0.334 e. The first-order valence-electron chi connectivity index (χ1n) is 5.82. The van der Waals surface area contributed by atoms with Crippen molar-refractivity contribution >= 4 is 5.97 Å². The van der Waals surface area contributed by atoms with Crippen molar-refractivity contribution in [2.45, 2.75) is 38.1 Å². The van der Waals surface area contributed by atoms with Crippen LogP contribution in [0, 0.1) is 0 Å². The number of hydrogen-bond donors (Lipinski definition) is 0. The number of fused-ring (bicyclic) bond motifs is 1. The molecule has 2 aliphatic heterocycles. The van der Waals surface area contributed by atoms with Crippen LogP contribution in [0.2, 0.25) is 0 Å². The van der Waals surface area contributed by atoms with Crippen molar-refractivity contribution < 1.29 is 9.53 Å². The Morgan fingerprint density at radius 3 is 3.13 bits per heavy atom. The maximum absolute atomic E-state index is 11.5. The van der Waals surface area contributed by atoms with Crippen molar-refractivity contribution in [3.05, 3.63) is 11.6 Å². The fourth-order valence-corrected chi connectivity index (χ4v) is 2.61. The lowest BCUT2D eigenvalue weighted by Crippen LogP contribution is -2.40. The molecule has 3 heteroatoms. The highest BCUT2D eigenvalue weighted by atomic mass is 16.5. The van der Waals surface area contributed by atoms with Crippen molar-refractivity contribution in [3.63, 3.8) is 0 Å². The molecule has 0 aliphatic carbocycles. The molecule has 1 saturated heterocycles. The minimum Gasteiger partial charge on any atom is -0.466 e. The number of hydrogen-bond acceptors (Lipinski definition) is 3. The Hall–Kier alpha value is -0.830. The molecule has 0 saturated carbocycles. The highest BCUT2D eigenvalue weighted by molar-refractivity contribution is 5.88. The lowest BCUT2D eigenvalue weighted by atomic mass is 9.99. The molecule has 2 aliphatic rings. The van der Waals surface area contributed by atoms with Crippen LogP contribution >= 0.6 is 0 Å². The smallest absolute Gasteiger partial charge is 0.334 e. The molecule has 2 heterocycles. The van der Waals surface area contributed by atoms with Crippen LogP contribution in [-0.4, -0.2) is 37.1 Å². The molecule has 1 atom stereocenters. The Bertz CT molecular complexity index is 273. The van der Waals surface area contributed by atoms with Gasteiger partial charge in [0, 0.05) is 18.2 Å². The van der Waals surface area contributed by atoms with Crippen molar-refractivity contribution in [1.29, 1.82) is 0 Å². The first kappa shape index (κ1) is 10.7. The highest BCUT2D eigenvalue weighted by Crippen LogP contribution is 2.25. The van der Waals surface area contributed by atoms with Gasteiger partial charge in [-0.1, -0.05) is 12.5 Å². The third kappa shape index (κ3) is 2.40. The highest BCUT2D eigenvalue weighted by Gasteiger charge is 2.26. The number of piperidine rings is 1. The predicted octanol–water partition coefficient (Wildman–Crippen LogP) is 1.73. The Morgan fingerprint density at radius 2 is 2.33 bits per heavy atom. The molecule has 0 aromatic rings. The van der Waals surface area contributed by atoms with E-state index in [4.69, 9.17) is 4.74 Å². The van der Waals surface area contributed by atoms with Gasteiger partial charge in [-0.3, -0.25) is 4.90 Å². The number of allylic oxidation sites excluding steroid dienone is 1. The molecule has 0 N–H and O–H groups in total. The summed E-state index contributed by atoms with van der Waals surface area (Å²) in [6.07, 6.45) is 8.18. The fourth-order valence-electron chi connectivity index (χ4n) is 2.61. The summed E-state index contributed by atoms with van der Waals surface area (Å²) in [6, 6.07) is 0.692. The summed E-state index contributed by atoms with van der Waals surface area (Å²) in [5.74, 6) is -0.152. The molecule has 84 valence electrons. The van der Waals surface area contributed by atoms with E-state index in [0.29, 0.717) is 6.04 Å². The monoisotopic (exact) mass is 209 g/mol. The summed E-state index contributed by atoms with van der Waals surface area (Å²) in [5, 5.41) is 0. The zero-order chi connectivity index (χ0) is 10.7. The number of carbonyl (C=O) groups excluding carboxylic acids is 1. The van der Waals surface area contributed by atoms with E-state index < -0.39 is 0 Å². The second-order valence-electron chi connectivity index (χ2n) is 4.42. The van der Waals surface area contributed by atoms with Gasteiger partial charge in [-0.2, -0.15) is 0 Å². The van der Waals surface area contributed by atoms with Crippen molar-refractivity contribution in [1.82, 2.24) is 4.90 Å². The van der Waals surface area contributed by atoms with Crippen LogP contribution in [0.1, 0.15) is 32.1 Å². The van der Waals surface area contributed by atoms with Crippen LogP contribution < -0.4 is 0 Å². The third-order valence-electron chi connectivity index (χ3n) is 3.46. The van der Waals surface area contributed by atoms with Crippen molar-refractivity contribution in [2.75, 3.05) is 20.2 Å². The predicted molar refractivity (Wildman–Crippen MR) is 58.5 cm³/mol. The molecule has 0 amide bonds. The standard InChI is InChI=1S/C12H19NO2/c1-15-12(14)10-5-4-7-11-6-2-3-8-13(11)9-10/h5,11H,2-4,6-9H2,1H3. The molecular weight excluding hydrogens is 190 g/mol. The molecule has 1 fully saturated rings. The number of methoxy groups -OCH3 is 1. The van der Waals surface area contributed by atoms with Gasteiger partial charge in [-0.05, 0) is 32.2 Å². The zero-order valence-electron chi connectivity index (χ0n) is 9.37. The topological polar surface area (TPSA) is 29.5 Å². The summed E-state index contributed by atoms with van der Waals surface area (Å²) in [6.45, 7) is 1.93. The Labute approximate surface area is 91.1 Å². The van der Waals surface area contributed by atoms with Crippen molar-refractivity contribution in [3.8, 4) is 0 Å². The average Bonchev–Trinajstić information content (AvgIpc) is 2.49. The van der Waals surface area contributed by atoms with Gasteiger partial charge in [0.05, 0.1) is 7.11 Å². The van der Waals surface area contributed by atoms with Crippen LogP contribution in [0.5, 0.6) is 0 Å². The normalized spacial score (nSPS) is 27.5.